The lowest BCUT2D eigenvalue weighted by molar-refractivity contribution is 0.0883. The summed E-state index contributed by atoms with van der Waals surface area (Å²) < 4.78 is 11.1. The molecule has 1 rings (SSSR count). The van der Waals surface area contributed by atoms with Crippen LogP contribution in [0.5, 0.6) is 5.88 Å². The molecule has 1 atom stereocenters. The number of rotatable bonds is 5. The van der Waals surface area contributed by atoms with E-state index in [1.54, 1.807) is 7.11 Å². The fourth-order valence-electron chi connectivity index (χ4n) is 0.996. The van der Waals surface area contributed by atoms with Gasteiger partial charge >= 0.3 is 0 Å². The van der Waals surface area contributed by atoms with Crippen LogP contribution in [0.1, 0.15) is 6.92 Å². The number of methoxy groups -OCH3 is 1. The summed E-state index contributed by atoms with van der Waals surface area (Å²) in [5, 5.41) is 0. The maximum atomic E-state index is 5.51. The highest BCUT2D eigenvalue weighted by molar-refractivity contribution is 9.10. The minimum absolute atomic E-state index is 0.0909. The smallest absolute Gasteiger partial charge is 0.233 e. The van der Waals surface area contributed by atoms with Crippen molar-refractivity contribution < 1.29 is 9.47 Å². The highest BCUT2D eigenvalue weighted by Crippen LogP contribution is 2.28. The lowest BCUT2D eigenvalue weighted by Crippen LogP contribution is -2.19. The average Bonchev–Trinajstić information content (AvgIpc) is 2.21. The molecule has 6 nitrogen and oxygen atoms in total. The zero-order chi connectivity index (χ0) is 11.3. The van der Waals surface area contributed by atoms with Gasteiger partial charge in [0.15, 0.2) is 5.82 Å². The first-order valence-corrected chi connectivity index (χ1v) is 5.11. The molecule has 1 aromatic heterocycles. The van der Waals surface area contributed by atoms with E-state index in [0.29, 0.717) is 22.8 Å². The number of ether oxygens (including phenoxy) is 2. The molecule has 1 unspecified atom stereocenters. The lowest BCUT2D eigenvalue weighted by atomic mass is 10.4. The number of hydrazine groups is 1. The summed E-state index contributed by atoms with van der Waals surface area (Å²) in [5.41, 5.74) is 2.43. The molecule has 0 aliphatic carbocycles. The van der Waals surface area contributed by atoms with E-state index in [1.807, 2.05) is 6.92 Å². The van der Waals surface area contributed by atoms with Gasteiger partial charge < -0.3 is 14.9 Å². The summed E-state index contributed by atoms with van der Waals surface area (Å²) in [5.74, 6) is 6.17. The van der Waals surface area contributed by atoms with E-state index in [-0.39, 0.29) is 6.10 Å². The summed E-state index contributed by atoms with van der Waals surface area (Å²) in [7, 11) is 1.61. The van der Waals surface area contributed by atoms with Gasteiger partial charge in [-0.15, -0.1) is 0 Å². The molecule has 1 aromatic rings. The van der Waals surface area contributed by atoms with Crippen molar-refractivity contribution in [3.8, 4) is 5.88 Å². The van der Waals surface area contributed by atoms with E-state index in [4.69, 9.17) is 15.3 Å². The third-order valence-corrected chi connectivity index (χ3v) is 2.32. The van der Waals surface area contributed by atoms with Crippen molar-refractivity contribution in [3.05, 3.63) is 10.8 Å². The SMILES string of the molecule is COCC(C)Oc1ncnc(NN)c1Br. The van der Waals surface area contributed by atoms with Crippen LogP contribution in [0.25, 0.3) is 0 Å². The van der Waals surface area contributed by atoms with Gasteiger partial charge in [0.25, 0.3) is 0 Å². The van der Waals surface area contributed by atoms with Crippen molar-refractivity contribution in [2.45, 2.75) is 13.0 Å². The Labute approximate surface area is 96.3 Å². The van der Waals surface area contributed by atoms with Crippen LogP contribution in [-0.2, 0) is 4.74 Å². The first-order valence-electron chi connectivity index (χ1n) is 4.31. The monoisotopic (exact) mass is 276 g/mol. The van der Waals surface area contributed by atoms with Crippen LogP contribution < -0.4 is 16.0 Å². The Morgan fingerprint density at radius 1 is 1.60 bits per heavy atom. The van der Waals surface area contributed by atoms with Gasteiger partial charge in [-0.2, -0.15) is 0 Å². The summed E-state index contributed by atoms with van der Waals surface area (Å²) in [6.07, 6.45) is 1.28. The molecule has 0 radical (unpaired) electrons. The van der Waals surface area contributed by atoms with E-state index >= 15 is 0 Å². The van der Waals surface area contributed by atoms with Crippen molar-refractivity contribution >= 4 is 21.7 Å². The molecule has 15 heavy (non-hydrogen) atoms. The Hall–Kier alpha value is -0.920. The number of halogens is 1. The Morgan fingerprint density at radius 3 is 2.93 bits per heavy atom. The molecule has 0 spiro atoms. The molecule has 3 N–H and O–H groups in total. The molecular weight excluding hydrogens is 264 g/mol. The van der Waals surface area contributed by atoms with Gasteiger partial charge in [0.1, 0.15) is 16.9 Å². The van der Waals surface area contributed by atoms with Crippen molar-refractivity contribution in [1.82, 2.24) is 9.97 Å². The summed E-state index contributed by atoms with van der Waals surface area (Å²) in [4.78, 5) is 7.88. The van der Waals surface area contributed by atoms with Crippen molar-refractivity contribution in [2.75, 3.05) is 19.1 Å². The second-order valence-corrected chi connectivity index (χ2v) is 3.66. The standard InChI is InChI=1S/C8H13BrN4O2/c1-5(3-14-2)15-8-6(9)7(13-10)11-4-12-8/h4-5H,3,10H2,1-2H3,(H,11,12,13). The molecule has 84 valence electrons. The molecule has 0 saturated heterocycles. The van der Waals surface area contributed by atoms with Gasteiger partial charge in [0, 0.05) is 7.11 Å². The second-order valence-electron chi connectivity index (χ2n) is 2.87. The maximum Gasteiger partial charge on any atom is 0.233 e. The summed E-state index contributed by atoms with van der Waals surface area (Å²) >= 11 is 3.29. The number of nitrogens with zero attached hydrogens (tertiary/aromatic N) is 2. The topological polar surface area (TPSA) is 82.3 Å². The Balaban J connectivity index is 2.76. The largest absolute Gasteiger partial charge is 0.471 e. The Kier molecular flexibility index (Phi) is 4.73. The third-order valence-electron chi connectivity index (χ3n) is 1.61. The average molecular weight is 277 g/mol. The van der Waals surface area contributed by atoms with Gasteiger partial charge in [-0.25, -0.2) is 15.8 Å². The van der Waals surface area contributed by atoms with E-state index in [1.165, 1.54) is 6.33 Å². The van der Waals surface area contributed by atoms with Gasteiger partial charge in [0.05, 0.1) is 6.61 Å². The van der Waals surface area contributed by atoms with Crippen LogP contribution in [0.4, 0.5) is 5.82 Å². The number of aromatic nitrogens is 2. The van der Waals surface area contributed by atoms with E-state index < -0.39 is 0 Å². The van der Waals surface area contributed by atoms with Crippen LogP contribution in [0, 0.1) is 0 Å². The van der Waals surface area contributed by atoms with Gasteiger partial charge in [0.2, 0.25) is 5.88 Å². The zero-order valence-corrected chi connectivity index (χ0v) is 10.1. The number of hydrogen-bond donors (Lipinski definition) is 2. The minimum atomic E-state index is -0.0909. The molecule has 1 heterocycles. The molecule has 0 aliphatic rings. The van der Waals surface area contributed by atoms with Crippen LogP contribution >= 0.6 is 15.9 Å². The number of nitrogens with one attached hydrogen (secondary N) is 1. The molecule has 0 amide bonds. The Bertz CT molecular complexity index is 324. The minimum Gasteiger partial charge on any atom is -0.471 e. The van der Waals surface area contributed by atoms with Crippen LogP contribution in [-0.4, -0.2) is 29.8 Å². The normalized spacial score (nSPS) is 12.3. The van der Waals surface area contributed by atoms with Gasteiger partial charge in [-0.05, 0) is 22.9 Å². The first kappa shape index (κ1) is 12.2. The zero-order valence-electron chi connectivity index (χ0n) is 8.53. The van der Waals surface area contributed by atoms with Crippen molar-refractivity contribution in [2.24, 2.45) is 5.84 Å². The van der Waals surface area contributed by atoms with Gasteiger partial charge in [-0.3, -0.25) is 0 Å². The molecule has 0 fully saturated rings. The second kappa shape index (κ2) is 5.84. The predicted molar refractivity (Wildman–Crippen MR) is 59.5 cm³/mol. The molecule has 0 bridgehead atoms. The Morgan fingerprint density at radius 2 is 2.33 bits per heavy atom. The number of nitrogens with two attached hydrogens (primary N) is 1. The summed E-state index contributed by atoms with van der Waals surface area (Å²) in [6.45, 7) is 2.37. The van der Waals surface area contributed by atoms with Gasteiger partial charge in [-0.1, -0.05) is 0 Å². The molecule has 0 aliphatic heterocycles. The lowest BCUT2D eigenvalue weighted by Gasteiger charge is -2.14. The highest BCUT2D eigenvalue weighted by Gasteiger charge is 2.11. The first-order chi connectivity index (χ1) is 7.19. The van der Waals surface area contributed by atoms with Crippen molar-refractivity contribution in [3.63, 3.8) is 0 Å². The number of nitrogen functional groups attached to an aromatic ring is 1. The number of anilines is 1. The molecule has 0 aromatic carbocycles. The van der Waals surface area contributed by atoms with E-state index in [2.05, 4.69) is 31.3 Å². The summed E-state index contributed by atoms with van der Waals surface area (Å²) in [6, 6.07) is 0. The molecule has 7 heteroatoms. The predicted octanol–water partition coefficient (Wildman–Crippen LogP) is 0.938. The third kappa shape index (κ3) is 3.29. The molecular formula is C8H13BrN4O2. The fraction of sp³-hybridized carbons (Fsp3) is 0.500. The van der Waals surface area contributed by atoms with Crippen LogP contribution in [0.2, 0.25) is 0 Å². The van der Waals surface area contributed by atoms with E-state index in [0.717, 1.165) is 0 Å². The quantitative estimate of drug-likeness (QED) is 0.615. The fourth-order valence-corrected chi connectivity index (χ4v) is 1.41. The maximum absolute atomic E-state index is 5.51. The van der Waals surface area contributed by atoms with E-state index in [9.17, 15) is 0 Å². The highest BCUT2D eigenvalue weighted by atomic mass is 79.9. The number of hydrogen-bond acceptors (Lipinski definition) is 6. The van der Waals surface area contributed by atoms with Crippen LogP contribution in [0.15, 0.2) is 10.8 Å². The van der Waals surface area contributed by atoms with Crippen molar-refractivity contribution in [1.29, 1.82) is 0 Å². The molecule has 0 saturated carbocycles. The van der Waals surface area contributed by atoms with Crippen LogP contribution in [0.3, 0.4) is 0 Å².